The molecule has 1 aromatic carbocycles. The van der Waals surface area contributed by atoms with Crippen LogP contribution >= 0.6 is 21.6 Å². The first-order valence-corrected chi connectivity index (χ1v) is 14.6. The molecule has 0 N–H and O–H groups in total. The van der Waals surface area contributed by atoms with E-state index in [4.69, 9.17) is 4.74 Å². The summed E-state index contributed by atoms with van der Waals surface area (Å²) in [5, 5.41) is 0. The highest BCUT2D eigenvalue weighted by Gasteiger charge is 2.19. The van der Waals surface area contributed by atoms with Gasteiger partial charge in [0.2, 0.25) is 5.69 Å². The molecule has 1 unspecified atom stereocenters. The number of anilines is 1. The van der Waals surface area contributed by atoms with E-state index < -0.39 is 0 Å². The first-order chi connectivity index (χ1) is 16.2. The molecule has 2 aromatic rings. The minimum absolute atomic E-state index is 0.0681. The second-order valence-electron chi connectivity index (χ2n) is 8.34. The smallest absolute Gasteiger partial charge is 0.306 e. The Balaban J connectivity index is 1.53. The molecule has 2 heterocycles. The Kier molecular flexibility index (Phi) is 11.2. The van der Waals surface area contributed by atoms with Gasteiger partial charge in [-0.1, -0.05) is 47.6 Å². The summed E-state index contributed by atoms with van der Waals surface area (Å²) in [6.07, 6.45) is 11.0. The standard InChI is InChI=1S/C27H37N2O2S2/c1-3-17-28(18-4-2)25-14-11-23(12-15-25)10-13-24-8-5-6-19-29(24)20-7-9-27(30)31-26-16-21-32-33-22-26/h5-6,8,10-15,19,26H,3-4,7,9,16-18,20-22H2,1-2H3/q+1. The van der Waals surface area contributed by atoms with Crippen molar-refractivity contribution < 1.29 is 14.1 Å². The summed E-state index contributed by atoms with van der Waals surface area (Å²) >= 11 is 0. The number of rotatable bonds is 12. The molecule has 0 saturated carbocycles. The molecule has 0 spiro atoms. The molecular weight excluding hydrogens is 448 g/mol. The van der Waals surface area contributed by atoms with Gasteiger partial charge >= 0.3 is 5.97 Å². The number of ether oxygens (including phenoxy) is 1. The maximum Gasteiger partial charge on any atom is 0.306 e. The van der Waals surface area contributed by atoms with E-state index in [1.807, 2.05) is 16.9 Å². The number of aryl methyl sites for hydroxylation is 1. The van der Waals surface area contributed by atoms with Crippen molar-refractivity contribution in [3.63, 3.8) is 0 Å². The van der Waals surface area contributed by atoms with Crippen LogP contribution in [0, 0.1) is 0 Å². The van der Waals surface area contributed by atoms with Gasteiger partial charge in [-0.3, -0.25) is 4.79 Å². The summed E-state index contributed by atoms with van der Waals surface area (Å²) in [6.45, 7) is 7.45. The number of nitrogens with zero attached hydrogens (tertiary/aromatic N) is 2. The second-order valence-corrected chi connectivity index (χ2v) is 11.0. The van der Waals surface area contributed by atoms with E-state index in [1.54, 1.807) is 10.8 Å². The van der Waals surface area contributed by atoms with Gasteiger partial charge < -0.3 is 9.64 Å². The van der Waals surface area contributed by atoms with Crippen LogP contribution in [0.15, 0.2) is 48.7 Å². The van der Waals surface area contributed by atoms with Gasteiger partial charge in [0, 0.05) is 54.9 Å². The van der Waals surface area contributed by atoms with Crippen LogP contribution in [0.25, 0.3) is 12.2 Å². The van der Waals surface area contributed by atoms with Gasteiger partial charge in [0.25, 0.3) is 0 Å². The van der Waals surface area contributed by atoms with Crippen molar-refractivity contribution in [1.29, 1.82) is 0 Å². The number of aromatic nitrogens is 1. The van der Waals surface area contributed by atoms with Gasteiger partial charge in [-0.05, 0) is 49.1 Å². The Morgan fingerprint density at radius 2 is 1.88 bits per heavy atom. The van der Waals surface area contributed by atoms with Crippen molar-refractivity contribution in [3.8, 4) is 0 Å². The van der Waals surface area contributed by atoms with Crippen LogP contribution in [0.3, 0.4) is 0 Å². The highest BCUT2D eigenvalue weighted by molar-refractivity contribution is 8.76. The largest absolute Gasteiger partial charge is 0.461 e. The summed E-state index contributed by atoms with van der Waals surface area (Å²) in [5.74, 6) is 1.91. The number of hydrogen-bond acceptors (Lipinski definition) is 5. The average Bonchev–Trinajstić information content (AvgIpc) is 2.84. The van der Waals surface area contributed by atoms with Crippen LogP contribution in [0.5, 0.6) is 0 Å². The predicted octanol–water partition coefficient (Wildman–Crippen LogP) is 6.25. The molecule has 33 heavy (non-hydrogen) atoms. The Morgan fingerprint density at radius 3 is 2.58 bits per heavy atom. The molecule has 0 aliphatic carbocycles. The number of carbonyl (C=O) groups excluding carboxylic acids is 1. The van der Waals surface area contributed by atoms with Gasteiger partial charge in [-0.15, -0.1) is 0 Å². The van der Waals surface area contributed by atoms with E-state index in [1.165, 1.54) is 11.3 Å². The topological polar surface area (TPSA) is 33.4 Å². The minimum Gasteiger partial charge on any atom is -0.461 e. The van der Waals surface area contributed by atoms with Crippen LogP contribution in [-0.2, 0) is 16.1 Å². The van der Waals surface area contributed by atoms with Crippen molar-refractivity contribution >= 4 is 45.4 Å². The fourth-order valence-electron chi connectivity index (χ4n) is 3.91. The van der Waals surface area contributed by atoms with E-state index in [0.29, 0.717) is 6.42 Å². The van der Waals surface area contributed by atoms with Gasteiger partial charge in [-0.25, -0.2) is 0 Å². The van der Waals surface area contributed by atoms with Gasteiger partial charge in [0.15, 0.2) is 6.20 Å². The molecule has 1 aromatic heterocycles. The lowest BCUT2D eigenvalue weighted by atomic mass is 10.1. The Labute approximate surface area is 207 Å². The van der Waals surface area contributed by atoms with Crippen LogP contribution in [-0.4, -0.2) is 36.7 Å². The zero-order valence-corrected chi connectivity index (χ0v) is 21.6. The fraction of sp³-hybridized carbons (Fsp3) is 0.481. The third kappa shape index (κ3) is 8.74. The molecule has 0 amide bonds. The summed E-state index contributed by atoms with van der Waals surface area (Å²) in [7, 11) is 3.67. The molecule has 178 valence electrons. The lowest BCUT2D eigenvalue weighted by molar-refractivity contribution is -0.698. The van der Waals surface area contributed by atoms with Crippen molar-refractivity contribution in [1.82, 2.24) is 0 Å². The third-order valence-corrected chi connectivity index (χ3v) is 8.09. The number of hydrogen-bond donors (Lipinski definition) is 0. The normalized spacial score (nSPS) is 16.1. The molecule has 0 radical (unpaired) electrons. The molecule has 0 bridgehead atoms. The first kappa shape index (κ1) is 25.7. The number of esters is 1. The highest BCUT2D eigenvalue weighted by atomic mass is 33.1. The Bertz CT molecular complexity index is 874. The first-order valence-electron chi connectivity index (χ1n) is 12.1. The SMILES string of the molecule is CCCN(CCC)c1ccc(/C=C/c2cccc[n+]2CCCC(=O)OC2CCSSC2)cc1. The Hall–Kier alpha value is -1.92. The zero-order valence-electron chi connectivity index (χ0n) is 19.9. The maximum absolute atomic E-state index is 12.2. The van der Waals surface area contributed by atoms with Gasteiger partial charge in [-0.2, -0.15) is 4.57 Å². The van der Waals surface area contributed by atoms with E-state index >= 15 is 0 Å². The molecule has 1 saturated heterocycles. The fourth-order valence-corrected chi connectivity index (χ4v) is 6.26. The molecule has 4 nitrogen and oxygen atoms in total. The summed E-state index contributed by atoms with van der Waals surface area (Å²) in [5.41, 5.74) is 3.62. The van der Waals surface area contributed by atoms with E-state index in [-0.39, 0.29) is 12.1 Å². The highest BCUT2D eigenvalue weighted by Crippen LogP contribution is 2.30. The Morgan fingerprint density at radius 1 is 1.09 bits per heavy atom. The lowest BCUT2D eigenvalue weighted by Crippen LogP contribution is -2.36. The second kappa shape index (κ2) is 14.4. The van der Waals surface area contributed by atoms with Gasteiger partial charge in [0.05, 0.1) is 6.42 Å². The lowest BCUT2D eigenvalue weighted by Gasteiger charge is -2.23. The molecular formula is C27H37N2O2S2+. The number of carbonyl (C=O) groups is 1. The average molecular weight is 486 g/mol. The van der Waals surface area contributed by atoms with E-state index in [9.17, 15) is 4.79 Å². The predicted molar refractivity (Wildman–Crippen MR) is 143 cm³/mol. The maximum atomic E-state index is 12.2. The van der Waals surface area contributed by atoms with Crippen molar-refractivity contribution in [2.75, 3.05) is 29.5 Å². The molecule has 1 atom stereocenters. The van der Waals surface area contributed by atoms with Crippen molar-refractivity contribution in [2.45, 2.75) is 58.6 Å². The summed E-state index contributed by atoms with van der Waals surface area (Å²) in [6, 6.07) is 15.0. The zero-order chi connectivity index (χ0) is 23.3. The van der Waals surface area contributed by atoms with Crippen LogP contribution in [0.1, 0.15) is 57.2 Å². The summed E-state index contributed by atoms with van der Waals surface area (Å²) in [4.78, 5) is 14.6. The molecule has 6 heteroatoms. The van der Waals surface area contributed by atoms with Crippen LogP contribution < -0.4 is 9.47 Å². The molecule has 3 rings (SSSR count). The third-order valence-electron chi connectivity index (χ3n) is 5.61. The number of benzene rings is 1. The number of pyridine rings is 1. The van der Waals surface area contributed by atoms with Crippen LogP contribution in [0.2, 0.25) is 0 Å². The van der Waals surface area contributed by atoms with E-state index in [2.05, 4.69) is 78.1 Å². The summed E-state index contributed by atoms with van der Waals surface area (Å²) < 4.78 is 7.83. The molecule has 1 aliphatic heterocycles. The molecule has 1 fully saturated rings. The van der Waals surface area contributed by atoms with Crippen molar-refractivity contribution in [2.24, 2.45) is 0 Å². The van der Waals surface area contributed by atoms with Gasteiger partial charge in [0.1, 0.15) is 12.6 Å². The van der Waals surface area contributed by atoms with Crippen molar-refractivity contribution in [3.05, 3.63) is 59.9 Å². The van der Waals surface area contributed by atoms with E-state index in [0.717, 1.165) is 62.5 Å². The van der Waals surface area contributed by atoms with Crippen LogP contribution in [0.4, 0.5) is 5.69 Å². The molecule has 1 aliphatic rings. The minimum atomic E-state index is -0.0681. The monoisotopic (exact) mass is 485 g/mol. The quantitative estimate of drug-likeness (QED) is 0.202.